The van der Waals surface area contributed by atoms with Gasteiger partial charge >= 0.3 is 0 Å². The smallest absolute Gasteiger partial charge is 0.256 e. The fourth-order valence-electron chi connectivity index (χ4n) is 6.72. The van der Waals surface area contributed by atoms with Crippen molar-refractivity contribution in [2.75, 3.05) is 26.4 Å². The Kier molecular flexibility index (Phi) is 8.31. The summed E-state index contributed by atoms with van der Waals surface area (Å²) < 4.78 is 7.94. The molecule has 0 spiro atoms. The Hall–Kier alpha value is -2.11. The molecule has 1 saturated heterocycles. The molecule has 1 aliphatic heterocycles. The van der Waals surface area contributed by atoms with Gasteiger partial charge in [0.15, 0.2) is 0 Å². The summed E-state index contributed by atoms with van der Waals surface area (Å²) in [5, 5.41) is 9.88. The van der Waals surface area contributed by atoms with Crippen molar-refractivity contribution >= 4 is 5.91 Å². The highest BCUT2D eigenvalue weighted by atomic mass is 16.5. The Labute approximate surface area is 235 Å². The fourth-order valence-corrected chi connectivity index (χ4v) is 6.72. The summed E-state index contributed by atoms with van der Waals surface area (Å²) >= 11 is 0. The summed E-state index contributed by atoms with van der Waals surface area (Å²) in [6.07, 6.45) is 13.8. The molecule has 5 heteroatoms. The summed E-state index contributed by atoms with van der Waals surface area (Å²) in [7, 11) is 0. The maximum absolute atomic E-state index is 14.2. The van der Waals surface area contributed by atoms with Gasteiger partial charge in [-0.15, -0.1) is 0 Å². The Bertz CT molecular complexity index is 1130. The van der Waals surface area contributed by atoms with E-state index in [-0.39, 0.29) is 29.4 Å². The first kappa shape index (κ1) is 28.4. The largest absolute Gasteiger partial charge is 0.395 e. The van der Waals surface area contributed by atoms with Crippen molar-refractivity contribution in [2.24, 2.45) is 5.92 Å². The zero-order valence-electron chi connectivity index (χ0n) is 25.0. The van der Waals surface area contributed by atoms with Crippen LogP contribution in [0, 0.1) is 12.8 Å². The van der Waals surface area contributed by atoms with Gasteiger partial charge in [0, 0.05) is 43.4 Å². The second-order valence-electron chi connectivity index (χ2n) is 13.8. The molecule has 0 atom stereocenters. The molecule has 39 heavy (non-hydrogen) atoms. The van der Waals surface area contributed by atoms with Gasteiger partial charge in [0.25, 0.3) is 5.91 Å². The van der Waals surface area contributed by atoms with E-state index in [1.165, 1.54) is 67.5 Å². The van der Waals surface area contributed by atoms with Gasteiger partial charge in [0.2, 0.25) is 0 Å². The van der Waals surface area contributed by atoms with Crippen LogP contribution in [-0.4, -0.2) is 52.9 Å². The van der Waals surface area contributed by atoms with Crippen LogP contribution in [0.15, 0.2) is 24.4 Å². The minimum atomic E-state index is -0.0205. The molecule has 2 heterocycles. The number of carbonyl (C=O) groups excluding carboxylic acids is 1. The number of rotatable bonds is 8. The molecule has 0 unspecified atom stereocenters. The van der Waals surface area contributed by atoms with Gasteiger partial charge < -0.3 is 19.3 Å². The lowest BCUT2D eigenvalue weighted by atomic mass is 9.83. The number of hydrogen-bond donors (Lipinski definition) is 1. The van der Waals surface area contributed by atoms with Crippen molar-refractivity contribution in [1.82, 2.24) is 9.47 Å². The highest BCUT2D eigenvalue weighted by molar-refractivity contribution is 5.96. The predicted octanol–water partition coefficient (Wildman–Crippen LogP) is 6.87. The van der Waals surface area contributed by atoms with Gasteiger partial charge in [-0.1, -0.05) is 65.9 Å². The van der Waals surface area contributed by atoms with Crippen LogP contribution in [0.1, 0.15) is 118 Å². The fraction of sp³-hybridized carbons (Fsp3) is 0.676. The van der Waals surface area contributed by atoms with E-state index in [1.54, 1.807) is 0 Å². The molecule has 1 N–H and O–H groups in total. The normalized spacial score (nSPS) is 20.3. The molecule has 2 saturated carbocycles. The number of aliphatic hydroxyl groups is 1. The minimum absolute atomic E-state index is 0.0205. The van der Waals surface area contributed by atoms with Crippen LogP contribution in [0.4, 0.5) is 0 Å². The van der Waals surface area contributed by atoms with Crippen LogP contribution in [0.5, 0.6) is 0 Å². The van der Waals surface area contributed by atoms with Crippen LogP contribution < -0.4 is 0 Å². The van der Waals surface area contributed by atoms with Gasteiger partial charge in [-0.3, -0.25) is 4.79 Å². The Morgan fingerprint density at radius 3 is 2.38 bits per heavy atom. The quantitative estimate of drug-likeness (QED) is 0.402. The molecule has 5 rings (SSSR count). The highest BCUT2D eigenvalue weighted by Crippen LogP contribution is 2.49. The van der Waals surface area contributed by atoms with Crippen molar-refractivity contribution in [1.29, 1.82) is 0 Å². The summed E-state index contributed by atoms with van der Waals surface area (Å²) in [6.45, 7) is 13.1. The van der Waals surface area contributed by atoms with Crippen LogP contribution in [0.3, 0.4) is 0 Å². The van der Waals surface area contributed by atoms with Crippen molar-refractivity contribution < 1.29 is 14.6 Å². The van der Waals surface area contributed by atoms with Crippen LogP contribution in [-0.2, 0) is 22.0 Å². The summed E-state index contributed by atoms with van der Waals surface area (Å²) in [6, 6.07) is 7.30. The number of ether oxygens (including phenoxy) is 1. The van der Waals surface area contributed by atoms with Crippen molar-refractivity contribution in [3.8, 4) is 5.69 Å². The Morgan fingerprint density at radius 1 is 1.08 bits per heavy atom. The topological polar surface area (TPSA) is 54.7 Å². The zero-order chi connectivity index (χ0) is 27.8. The first-order valence-corrected chi connectivity index (χ1v) is 15.5. The highest BCUT2D eigenvalue weighted by Gasteiger charge is 2.40. The van der Waals surface area contributed by atoms with Gasteiger partial charge in [-0.05, 0) is 84.6 Å². The Morgan fingerprint density at radius 2 is 1.77 bits per heavy atom. The lowest BCUT2D eigenvalue weighted by molar-refractivity contribution is 0.0246. The first-order valence-electron chi connectivity index (χ1n) is 15.5. The number of nitrogens with zero attached hydrogens (tertiary/aromatic N) is 2. The molecular weight excluding hydrogens is 484 g/mol. The number of aromatic nitrogens is 1. The van der Waals surface area contributed by atoms with E-state index in [0.717, 1.165) is 30.4 Å². The van der Waals surface area contributed by atoms with Gasteiger partial charge in [-0.2, -0.15) is 0 Å². The average Bonchev–Trinajstić information content (AvgIpc) is 3.61. The second-order valence-corrected chi connectivity index (χ2v) is 13.8. The lowest BCUT2D eigenvalue weighted by Crippen LogP contribution is -2.45. The zero-order valence-corrected chi connectivity index (χ0v) is 25.0. The minimum Gasteiger partial charge on any atom is -0.395 e. The molecule has 0 bridgehead atoms. The molecule has 1 aromatic carbocycles. The lowest BCUT2D eigenvalue weighted by Gasteiger charge is -2.34. The SMILES string of the molecule is Cc1c(C(=O)N(CCO)C2CCOCC2)cn(-c2cc(C(C)(C)C)cc(C3(C)CC3)c2)c1CC1CCCCC1. The summed E-state index contributed by atoms with van der Waals surface area (Å²) in [4.78, 5) is 16.1. The molecule has 1 aromatic heterocycles. The first-order chi connectivity index (χ1) is 18.6. The average molecular weight is 535 g/mol. The van der Waals surface area contributed by atoms with Crippen LogP contribution in [0.25, 0.3) is 5.69 Å². The molecule has 1 amide bonds. The van der Waals surface area contributed by atoms with E-state index in [0.29, 0.717) is 25.7 Å². The van der Waals surface area contributed by atoms with Crippen molar-refractivity contribution in [3.63, 3.8) is 0 Å². The summed E-state index contributed by atoms with van der Waals surface area (Å²) in [5.41, 5.74) is 7.48. The molecule has 3 fully saturated rings. The number of hydrogen-bond acceptors (Lipinski definition) is 3. The van der Waals surface area contributed by atoms with Gasteiger partial charge in [0.05, 0.1) is 12.2 Å². The second kappa shape index (κ2) is 11.4. The van der Waals surface area contributed by atoms with E-state index >= 15 is 0 Å². The molecule has 0 radical (unpaired) electrons. The number of benzene rings is 1. The standard InChI is InChI=1S/C34H50N2O3/c1-24-30(32(38)35(15-16-37)28-11-17-39-18-12-28)23-36(31(24)19-25-9-7-6-8-10-25)29-21-26(33(2,3)4)20-27(22-29)34(5)13-14-34/h20-23,25,28,37H,6-19H2,1-5H3. The molecule has 2 aliphatic carbocycles. The molecule has 214 valence electrons. The molecular formula is C34H50N2O3. The third-order valence-corrected chi connectivity index (χ3v) is 9.82. The summed E-state index contributed by atoms with van der Waals surface area (Å²) in [5.74, 6) is 0.725. The Balaban J connectivity index is 1.60. The number of aliphatic hydroxyl groups excluding tert-OH is 1. The molecule has 5 nitrogen and oxygen atoms in total. The molecule has 2 aromatic rings. The van der Waals surface area contributed by atoms with Gasteiger partial charge in [-0.25, -0.2) is 0 Å². The van der Waals surface area contributed by atoms with E-state index in [2.05, 4.69) is 63.6 Å². The van der Waals surface area contributed by atoms with E-state index in [4.69, 9.17) is 4.74 Å². The third kappa shape index (κ3) is 6.15. The monoisotopic (exact) mass is 534 g/mol. The van der Waals surface area contributed by atoms with Crippen LogP contribution in [0.2, 0.25) is 0 Å². The van der Waals surface area contributed by atoms with E-state index < -0.39 is 0 Å². The number of amides is 1. The third-order valence-electron chi connectivity index (χ3n) is 9.82. The van der Waals surface area contributed by atoms with E-state index in [1.807, 2.05) is 4.90 Å². The van der Waals surface area contributed by atoms with E-state index in [9.17, 15) is 9.90 Å². The van der Waals surface area contributed by atoms with Crippen LogP contribution >= 0.6 is 0 Å². The predicted molar refractivity (Wildman–Crippen MR) is 158 cm³/mol. The maximum atomic E-state index is 14.2. The van der Waals surface area contributed by atoms with Crippen molar-refractivity contribution in [3.05, 3.63) is 52.3 Å². The maximum Gasteiger partial charge on any atom is 0.256 e. The molecule has 3 aliphatic rings. The van der Waals surface area contributed by atoms with Gasteiger partial charge in [0.1, 0.15) is 0 Å². The van der Waals surface area contributed by atoms with Crippen molar-refractivity contribution in [2.45, 2.75) is 116 Å². The number of carbonyl (C=O) groups is 1.